The van der Waals surface area contributed by atoms with Gasteiger partial charge in [-0.05, 0) is 43.9 Å². The maximum absolute atomic E-state index is 11.4. The first-order valence-electron chi connectivity index (χ1n) is 7.04. The Morgan fingerprint density at radius 1 is 1.29 bits per heavy atom. The van der Waals surface area contributed by atoms with Crippen LogP contribution in [0.4, 0.5) is 0 Å². The maximum Gasteiger partial charge on any atom is 0.133 e. The van der Waals surface area contributed by atoms with Crippen LogP contribution in [0.15, 0.2) is 0 Å². The van der Waals surface area contributed by atoms with Gasteiger partial charge in [0.2, 0.25) is 0 Å². The first-order chi connectivity index (χ1) is 8.10. The molecule has 3 aliphatic carbocycles. The maximum atomic E-state index is 11.4. The standard InChI is InChI=1S/C14H23NO2/c15-9-13(8-10-1-2-11(13)7-10)14(17)5-3-12(16)4-6-14/h10-11,17H,1-9,15H2. The third kappa shape index (κ3) is 1.52. The van der Waals surface area contributed by atoms with E-state index in [2.05, 4.69) is 0 Å². The molecule has 0 saturated heterocycles. The van der Waals surface area contributed by atoms with Crippen molar-refractivity contribution in [2.24, 2.45) is 23.0 Å². The Kier molecular flexibility index (Phi) is 2.60. The number of carbonyl (C=O) groups excluding carboxylic acids is 1. The van der Waals surface area contributed by atoms with E-state index in [9.17, 15) is 9.90 Å². The van der Waals surface area contributed by atoms with Crippen LogP contribution < -0.4 is 5.73 Å². The molecule has 3 nitrogen and oxygen atoms in total. The fraction of sp³-hybridized carbons (Fsp3) is 0.929. The zero-order valence-electron chi connectivity index (χ0n) is 10.5. The average Bonchev–Trinajstić information content (AvgIpc) is 2.93. The van der Waals surface area contributed by atoms with Gasteiger partial charge >= 0.3 is 0 Å². The summed E-state index contributed by atoms with van der Waals surface area (Å²) in [4.78, 5) is 11.4. The van der Waals surface area contributed by atoms with Crippen molar-refractivity contribution in [2.45, 2.75) is 57.0 Å². The van der Waals surface area contributed by atoms with Gasteiger partial charge in [-0.1, -0.05) is 6.42 Å². The lowest BCUT2D eigenvalue weighted by Gasteiger charge is -2.51. The Morgan fingerprint density at radius 3 is 2.47 bits per heavy atom. The summed E-state index contributed by atoms with van der Waals surface area (Å²) in [6.07, 6.45) is 7.30. The summed E-state index contributed by atoms with van der Waals surface area (Å²) in [5.74, 6) is 1.70. The van der Waals surface area contributed by atoms with Crippen molar-refractivity contribution in [3.05, 3.63) is 0 Å². The van der Waals surface area contributed by atoms with Crippen molar-refractivity contribution in [3.8, 4) is 0 Å². The molecule has 3 saturated carbocycles. The first-order valence-corrected chi connectivity index (χ1v) is 7.04. The van der Waals surface area contributed by atoms with Crippen LogP contribution in [-0.4, -0.2) is 23.0 Å². The van der Waals surface area contributed by atoms with Gasteiger partial charge in [0.15, 0.2) is 0 Å². The lowest BCUT2D eigenvalue weighted by molar-refractivity contribution is -0.147. The van der Waals surface area contributed by atoms with Crippen LogP contribution >= 0.6 is 0 Å². The van der Waals surface area contributed by atoms with E-state index in [1.54, 1.807) is 0 Å². The fourth-order valence-electron chi connectivity index (χ4n) is 4.89. The number of ketones is 1. The van der Waals surface area contributed by atoms with Crippen LogP contribution in [0.25, 0.3) is 0 Å². The second kappa shape index (κ2) is 3.79. The molecule has 0 aromatic carbocycles. The number of fused-ring (bicyclic) bond motifs is 2. The quantitative estimate of drug-likeness (QED) is 0.767. The number of nitrogens with two attached hydrogens (primary N) is 1. The molecule has 0 aliphatic heterocycles. The SMILES string of the molecule is NCC1(C2(O)CCC(=O)CC2)CC2CCC1C2. The van der Waals surface area contributed by atoms with Crippen molar-refractivity contribution in [1.29, 1.82) is 0 Å². The predicted molar refractivity (Wildman–Crippen MR) is 65.4 cm³/mol. The molecule has 0 heterocycles. The van der Waals surface area contributed by atoms with Gasteiger partial charge in [0, 0.05) is 24.8 Å². The Bertz CT molecular complexity index is 331. The highest BCUT2D eigenvalue weighted by molar-refractivity contribution is 5.79. The highest BCUT2D eigenvalue weighted by Crippen LogP contribution is 2.62. The molecule has 0 spiro atoms. The molecule has 0 radical (unpaired) electrons. The fourth-order valence-corrected chi connectivity index (χ4v) is 4.89. The van der Waals surface area contributed by atoms with Crippen LogP contribution in [-0.2, 0) is 4.79 Å². The highest BCUT2D eigenvalue weighted by atomic mass is 16.3. The topological polar surface area (TPSA) is 63.3 Å². The van der Waals surface area contributed by atoms with E-state index in [1.165, 1.54) is 19.3 Å². The van der Waals surface area contributed by atoms with E-state index >= 15 is 0 Å². The minimum atomic E-state index is -0.657. The summed E-state index contributed by atoms with van der Waals surface area (Å²) >= 11 is 0. The molecule has 3 atom stereocenters. The molecular formula is C14H23NO2. The first kappa shape index (κ1) is 11.7. The molecule has 3 rings (SSSR count). The van der Waals surface area contributed by atoms with Crippen molar-refractivity contribution >= 4 is 5.78 Å². The van der Waals surface area contributed by atoms with E-state index in [0.29, 0.717) is 43.9 Å². The van der Waals surface area contributed by atoms with E-state index in [-0.39, 0.29) is 5.41 Å². The molecule has 3 aliphatic rings. The monoisotopic (exact) mass is 237 g/mol. The predicted octanol–water partition coefficient (Wildman–Crippen LogP) is 1.63. The minimum absolute atomic E-state index is 0.0728. The molecule has 0 aromatic heterocycles. The van der Waals surface area contributed by atoms with Crippen LogP contribution in [0.5, 0.6) is 0 Å². The second-order valence-corrected chi connectivity index (χ2v) is 6.51. The smallest absolute Gasteiger partial charge is 0.133 e. The molecule has 3 fully saturated rings. The van der Waals surface area contributed by atoms with Crippen molar-refractivity contribution in [1.82, 2.24) is 0 Å². The van der Waals surface area contributed by atoms with Gasteiger partial charge in [-0.15, -0.1) is 0 Å². The number of hydrogen-bond donors (Lipinski definition) is 2. The van der Waals surface area contributed by atoms with Gasteiger partial charge in [-0.25, -0.2) is 0 Å². The average molecular weight is 237 g/mol. The lowest BCUT2D eigenvalue weighted by atomic mass is 9.58. The Morgan fingerprint density at radius 2 is 2.00 bits per heavy atom. The van der Waals surface area contributed by atoms with Crippen molar-refractivity contribution in [2.75, 3.05) is 6.54 Å². The molecular weight excluding hydrogens is 214 g/mol. The summed E-state index contributed by atoms with van der Waals surface area (Å²) in [5.41, 5.74) is 5.33. The summed E-state index contributed by atoms with van der Waals surface area (Å²) in [6, 6.07) is 0. The van der Waals surface area contributed by atoms with Gasteiger partial charge in [-0.3, -0.25) is 4.79 Å². The van der Waals surface area contributed by atoms with Crippen LogP contribution in [0, 0.1) is 17.3 Å². The van der Waals surface area contributed by atoms with E-state index < -0.39 is 5.60 Å². The Labute approximate surface area is 103 Å². The van der Waals surface area contributed by atoms with Crippen LogP contribution in [0.2, 0.25) is 0 Å². The zero-order valence-corrected chi connectivity index (χ0v) is 10.5. The highest BCUT2D eigenvalue weighted by Gasteiger charge is 2.60. The molecule has 3 N–H and O–H groups in total. The van der Waals surface area contributed by atoms with E-state index in [0.717, 1.165) is 12.3 Å². The summed E-state index contributed by atoms with van der Waals surface area (Å²) < 4.78 is 0. The van der Waals surface area contributed by atoms with E-state index in [4.69, 9.17) is 5.73 Å². The van der Waals surface area contributed by atoms with Gasteiger partial charge in [0.1, 0.15) is 5.78 Å². The molecule has 2 bridgehead atoms. The second-order valence-electron chi connectivity index (χ2n) is 6.51. The van der Waals surface area contributed by atoms with E-state index in [1.807, 2.05) is 0 Å². The summed E-state index contributed by atoms with van der Waals surface area (Å²) in [5, 5.41) is 11.0. The zero-order chi connectivity index (χ0) is 12.1. The largest absolute Gasteiger partial charge is 0.389 e. The van der Waals surface area contributed by atoms with Gasteiger partial charge in [0.25, 0.3) is 0 Å². The van der Waals surface area contributed by atoms with Crippen LogP contribution in [0.1, 0.15) is 51.4 Å². The summed E-state index contributed by atoms with van der Waals surface area (Å²) in [7, 11) is 0. The van der Waals surface area contributed by atoms with Crippen molar-refractivity contribution < 1.29 is 9.90 Å². The minimum Gasteiger partial charge on any atom is -0.389 e. The molecule has 96 valence electrons. The third-order valence-corrected chi connectivity index (χ3v) is 5.90. The number of carbonyl (C=O) groups is 1. The van der Waals surface area contributed by atoms with Gasteiger partial charge in [0.05, 0.1) is 5.60 Å². The number of rotatable bonds is 2. The normalized spacial score (nSPS) is 44.2. The lowest BCUT2D eigenvalue weighted by Crippen LogP contribution is -2.57. The third-order valence-electron chi connectivity index (χ3n) is 5.90. The molecule has 0 aromatic rings. The number of Topliss-reactive ketones (excluding diaryl/α,β-unsaturated/α-hetero) is 1. The van der Waals surface area contributed by atoms with Crippen molar-refractivity contribution in [3.63, 3.8) is 0 Å². The molecule has 3 heteroatoms. The Hall–Kier alpha value is -0.410. The molecule has 17 heavy (non-hydrogen) atoms. The van der Waals surface area contributed by atoms with Gasteiger partial charge in [-0.2, -0.15) is 0 Å². The number of hydrogen-bond acceptors (Lipinski definition) is 3. The van der Waals surface area contributed by atoms with Crippen LogP contribution in [0.3, 0.4) is 0 Å². The molecule has 0 amide bonds. The number of aliphatic hydroxyl groups is 1. The molecule has 3 unspecified atom stereocenters. The van der Waals surface area contributed by atoms with Gasteiger partial charge < -0.3 is 10.8 Å². The Balaban J connectivity index is 1.87. The summed E-state index contributed by atoms with van der Waals surface area (Å²) in [6.45, 7) is 0.596.